The summed E-state index contributed by atoms with van der Waals surface area (Å²) < 4.78 is 37.1. The first-order chi connectivity index (χ1) is 8.62. The van der Waals surface area contributed by atoms with Gasteiger partial charge in [0.05, 0.1) is 6.42 Å². The summed E-state index contributed by atoms with van der Waals surface area (Å²) in [7, 11) is 0. The maximum Gasteiger partial charge on any atom is 0.417 e. The maximum atomic E-state index is 12.4. The Morgan fingerprint density at radius 3 is 2.58 bits per heavy atom. The first kappa shape index (κ1) is 15.8. The molecule has 1 rings (SSSR count). The number of aliphatic hydroxyl groups is 1. The van der Waals surface area contributed by atoms with Crippen LogP contribution in [0.2, 0.25) is 5.02 Å². The average molecular weight is 296 g/mol. The normalized spacial score (nSPS) is 14.8. The van der Waals surface area contributed by atoms with E-state index in [9.17, 15) is 18.0 Å². The van der Waals surface area contributed by atoms with E-state index in [1.54, 1.807) is 24.3 Å². The molecule has 0 aliphatic rings. The standard InChI is InChI=1S/C12H13ClF3NO2/c1-11(19,12(14,15)16)6-10(18)17-7-8-3-2-4-9(13)5-8/h2-5,19H,6-7H2,1H3,(H,17,18)/t11-/m0/s1. The molecule has 0 bridgehead atoms. The average Bonchev–Trinajstić information content (AvgIpc) is 2.24. The van der Waals surface area contributed by atoms with Gasteiger partial charge in [-0.1, -0.05) is 23.7 Å². The molecule has 19 heavy (non-hydrogen) atoms. The fraction of sp³-hybridized carbons (Fsp3) is 0.417. The lowest BCUT2D eigenvalue weighted by Gasteiger charge is -2.25. The van der Waals surface area contributed by atoms with Gasteiger partial charge in [-0.2, -0.15) is 13.2 Å². The van der Waals surface area contributed by atoms with Crippen LogP contribution in [0.1, 0.15) is 18.9 Å². The molecule has 0 fully saturated rings. The largest absolute Gasteiger partial charge is 0.417 e. The van der Waals surface area contributed by atoms with Gasteiger partial charge in [0.2, 0.25) is 5.91 Å². The van der Waals surface area contributed by atoms with Crippen LogP contribution in [0.3, 0.4) is 0 Å². The van der Waals surface area contributed by atoms with Crippen LogP contribution in [-0.2, 0) is 11.3 Å². The molecule has 0 aliphatic carbocycles. The molecule has 1 atom stereocenters. The summed E-state index contributed by atoms with van der Waals surface area (Å²) >= 11 is 5.73. The number of carbonyl (C=O) groups is 1. The van der Waals surface area contributed by atoms with Gasteiger partial charge in [-0.15, -0.1) is 0 Å². The molecule has 0 spiro atoms. The summed E-state index contributed by atoms with van der Waals surface area (Å²) in [5, 5.41) is 11.9. The van der Waals surface area contributed by atoms with Crippen LogP contribution in [0, 0.1) is 0 Å². The third kappa shape index (κ3) is 4.72. The summed E-state index contributed by atoms with van der Waals surface area (Å²) in [6.07, 6.45) is -5.89. The number of rotatable bonds is 4. The van der Waals surface area contributed by atoms with Gasteiger partial charge < -0.3 is 10.4 Å². The zero-order chi connectivity index (χ0) is 14.7. The Kier molecular flexibility index (Phi) is 4.81. The first-order valence-corrected chi connectivity index (χ1v) is 5.80. The zero-order valence-corrected chi connectivity index (χ0v) is 10.8. The van der Waals surface area contributed by atoms with E-state index in [0.29, 0.717) is 17.5 Å². The minimum Gasteiger partial charge on any atom is -0.380 e. The molecule has 0 radical (unpaired) electrons. The van der Waals surface area contributed by atoms with E-state index in [2.05, 4.69) is 5.32 Å². The lowest BCUT2D eigenvalue weighted by molar-refractivity contribution is -0.253. The molecular formula is C12H13ClF3NO2. The van der Waals surface area contributed by atoms with E-state index in [1.165, 1.54) is 0 Å². The van der Waals surface area contributed by atoms with Crippen LogP contribution >= 0.6 is 11.6 Å². The lowest BCUT2D eigenvalue weighted by atomic mass is 10.0. The number of carbonyl (C=O) groups excluding carboxylic acids is 1. The molecule has 2 N–H and O–H groups in total. The predicted octanol–water partition coefficient (Wildman–Crippen LogP) is 2.66. The van der Waals surface area contributed by atoms with Crippen molar-refractivity contribution in [3.63, 3.8) is 0 Å². The second-order valence-corrected chi connectivity index (χ2v) is 4.79. The van der Waals surface area contributed by atoms with Gasteiger partial charge in [-0.3, -0.25) is 4.79 Å². The summed E-state index contributed by atoms with van der Waals surface area (Å²) in [5.41, 5.74) is -2.38. The Bertz CT molecular complexity index is 461. The molecule has 7 heteroatoms. The molecule has 1 aromatic carbocycles. The second-order valence-electron chi connectivity index (χ2n) is 4.36. The van der Waals surface area contributed by atoms with Gasteiger partial charge in [0, 0.05) is 11.6 Å². The third-order valence-electron chi connectivity index (χ3n) is 2.49. The maximum absolute atomic E-state index is 12.4. The van der Waals surface area contributed by atoms with Gasteiger partial charge >= 0.3 is 6.18 Å². The van der Waals surface area contributed by atoms with Crippen LogP contribution in [0.15, 0.2) is 24.3 Å². The van der Waals surface area contributed by atoms with Crippen LogP contribution in [0.25, 0.3) is 0 Å². The number of halogens is 4. The van der Waals surface area contributed by atoms with Crippen molar-refractivity contribution in [1.29, 1.82) is 0 Å². The van der Waals surface area contributed by atoms with Gasteiger partial charge in [-0.25, -0.2) is 0 Å². The highest BCUT2D eigenvalue weighted by Crippen LogP contribution is 2.32. The zero-order valence-electron chi connectivity index (χ0n) is 10.1. The van der Waals surface area contributed by atoms with Crippen molar-refractivity contribution in [2.45, 2.75) is 31.7 Å². The van der Waals surface area contributed by atoms with Gasteiger partial charge in [0.15, 0.2) is 5.60 Å². The van der Waals surface area contributed by atoms with E-state index in [-0.39, 0.29) is 6.54 Å². The Balaban J connectivity index is 2.53. The van der Waals surface area contributed by atoms with Crippen molar-refractivity contribution in [1.82, 2.24) is 5.32 Å². The molecule has 0 saturated heterocycles. The molecular weight excluding hydrogens is 283 g/mol. The van der Waals surface area contributed by atoms with Crippen LogP contribution in [0.5, 0.6) is 0 Å². The van der Waals surface area contributed by atoms with E-state index in [4.69, 9.17) is 16.7 Å². The summed E-state index contributed by atoms with van der Waals surface area (Å²) in [4.78, 5) is 11.4. The summed E-state index contributed by atoms with van der Waals surface area (Å²) in [5.74, 6) is -0.887. The van der Waals surface area contributed by atoms with E-state index >= 15 is 0 Å². The van der Waals surface area contributed by atoms with Crippen molar-refractivity contribution in [3.8, 4) is 0 Å². The summed E-state index contributed by atoms with van der Waals surface area (Å²) in [6.45, 7) is 0.610. The van der Waals surface area contributed by atoms with Gasteiger partial charge in [0.1, 0.15) is 0 Å². The molecule has 106 valence electrons. The van der Waals surface area contributed by atoms with Crippen LogP contribution in [0.4, 0.5) is 13.2 Å². The van der Waals surface area contributed by atoms with E-state index in [0.717, 1.165) is 0 Å². The predicted molar refractivity (Wildman–Crippen MR) is 64.6 cm³/mol. The Labute approximate surface area is 113 Å². The SMILES string of the molecule is C[C@](O)(CC(=O)NCc1cccc(Cl)c1)C(F)(F)F. The molecule has 1 aromatic rings. The number of alkyl halides is 3. The van der Waals surface area contributed by atoms with Crippen molar-refractivity contribution < 1.29 is 23.1 Å². The quantitative estimate of drug-likeness (QED) is 0.897. The van der Waals surface area contributed by atoms with E-state index < -0.39 is 24.1 Å². The molecule has 0 aromatic heterocycles. The summed E-state index contributed by atoms with van der Waals surface area (Å²) in [6, 6.07) is 6.56. The van der Waals surface area contributed by atoms with E-state index in [1.807, 2.05) is 0 Å². The molecule has 0 unspecified atom stereocenters. The highest BCUT2D eigenvalue weighted by Gasteiger charge is 2.50. The number of hydrogen-bond acceptors (Lipinski definition) is 2. The molecule has 0 heterocycles. The number of amides is 1. The Morgan fingerprint density at radius 1 is 1.42 bits per heavy atom. The molecule has 0 aliphatic heterocycles. The fourth-order valence-electron chi connectivity index (χ4n) is 1.32. The minimum atomic E-state index is -4.85. The Morgan fingerprint density at radius 2 is 2.05 bits per heavy atom. The molecule has 1 amide bonds. The van der Waals surface area contributed by atoms with Crippen molar-refractivity contribution in [2.24, 2.45) is 0 Å². The topological polar surface area (TPSA) is 49.3 Å². The van der Waals surface area contributed by atoms with Crippen molar-refractivity contribution >= 4 is 17.5 Å². The monoisotopic (exact) mass is 295 g/mol. The molecule has 3 nitrogen and oxygen atoms in total. The number of benzene rings is 1. The Hall–Kier alpha value is -1.27. The molecule has 0 saturated carbocycles. The smallest absolute Gasteiger partial charge is 0.380 e. The minimum absolute atomic E-state index is 0.0489. The first-order valence-electron chi connectivity index (χ1n) is 5.42. The van der Waals surface area contributed by atoms with Crippen LogP contribution in [-0.4, -0.2) is 22.8 Å². The highest BCUT2D eigenvalue weighted by atomic mass is 35.5. The van der Waals surface area contributed by atoms with Crippen molar-refractivity contribution in [2.75, 3.05) is 0 Å². The highest BCUT2D eigenvalue weighted by molar-refractivity contribution is 6.30. The van der Waals surface area contributed by atoms with Crippen molar-refractivity contribution in [3.05, 3.63) is 34.9 Å². The second kappa shape index (κ2) is 5.79. The lowest BCUT2D eigenvalue weighted by Crippen LogP contribution is -2.46. The fourth-order valence-corrected chi connectivity index (χ4v) is 1.54. The third-order valence-corrected chi connectivity index (χ3v) is 2.73. The van der Waals surface area contributed by atoms with Crippen LogP contribution < -0.4 is 5.32 Å². The number of nitrogens with one attached hydrogen (secondary N) is 1. The van der Waals surface area contributed by atoms with Gasteiger partial charge in [0.25, 0.3) is 0 Å². The van der Waals surface area contributed by atoms with Gasteiger partial charge in [-0.05, 0) is 24.6 Å². The number of hydrogen-bond donors (Lipinski definition) is 2.